The Hall–Kier alpha value is -0.820. The Bertz CT molecular complexity index is 421. The molecule has 1 aromatic rings. The molecule has 0 aliphatic rings. The van der Waals surface area contributed by atoms with Crippen molar-refractivity contribution in [2.45, 2.75) is 39.0 Å². The molecule has 0 saturated heterocycles. The summed E-state index contributed by atoms with van der Waals surface area (Å²) in [7, 11) is 1.54. The number of amides is 1. The van der Waals surface area contributed by atoms with E-state index in [1.807, 2.05) is 38.1 Å². The lowest BCUT2D eigenvalue weighted by Crippen LogP contribution is -2.47. The third kappa shape index (κ3) is 4.35. The molecule has 0 unspecified atom stereocenters. The van der Waals surface area contributed by atoms with Crippen molar-refractivity contribution in [3.05, 3.63) is 33.4 Å². The first-order chi connectivity index (χ1) is 9.01. The lowest BCUT2D eigenvalue weighted by molar-refractivity contribution is -0.0397. The smallest absolute Gasteiger partial charge is 0.409 e. The van der Waals surface area contributed by atoms with Crippen molar-refractivity contribution in [2.75, 3.05) is 7.11 Å². The zero-order chi connectivity index (χ0) is 14.4. The molecule has 0 fully saturated rings. The normalized spacial score (nSPS) is 13.9. The Balaban J connectivity index is 2.86. The Morgan fingerprint density at radius 3 is 2.58 bits per heavy atom. The topological polar surface area (TPSA) is 49.8 Å². The number of benzene rings is 1. The second kappa shape index (κ2) is 7.69. The van der Waals surface area contributed by atoms with E-state index in [0.29, 0.717) is 12.8 Å². The molecule has 2 atom stereocenters. The molecule has 0 heterocycles. The molecule has 0 radical (unpaired) electrons. The van der Waals surface area contributed by atoms with Crippen LogP contribution in [-0.2, 0) is 11.2 Å². The van der Waals surface area contributed by atoms with E-state index in [9.17, 15) is 9.90 Å². The van der Waals surface area contributed by atoms with Crippen LogP contribution < -0.4 is 0 Å². The molecule has 0 bridgehead atoms. The monoisotopic (exact) mass is 377 g/mol. The molecular weight excluding hydrogens is 357 g/mol. The molecule has 0 aromatic heterocycles. The summed E-state index contributed by atoms with van der Waals surface area (Å²) in [4.78, 5) is 12.8. The Morgan fingerprint density at radius 2 is 2.11 bits per heavy atom. The number of hydrogen-bond donors (Lipinski definition) is 1. The van der Waals surface area contributed by atoms with E-state index in [1.54, 1.807) is 7.11 Å². The third-order valence-electron chi connectivity index (χ3n) is 3.10. The van der Waals surface area contributed by atoms with Gasteiger partial charge in [-0.2, -0.15) is 0 Å². The van der Waals surface area contributed by atoms with Crippen molar-refractivity contribution in [1.29, 1.82) is 0 Å². The van der Waals surface area contributed by atoms with Crippen molar-refractivity contribution < 1.29 is 14.6 Å². The predicted octanol–water partition coefficient (Wildman–Crippen LogP) is 3.58. The van der Waals surface area contributed by atoms with Crippen LogP contribution >= 0.6 is 22.6 Å². The number of hydrogen-bond acceptors (Lipinski definition) is 2. The molecule has 0 aliphatic carbocycles. The maximum absolute atomic E-state index is 11.4. The third-order valence-corrected chi connectivity index (χ3v) is 4.15. The number of rotatable bonds is 6. The second-order valence-electron chi connectivity index (χ2n) is 4.43. The Labute approximate surface area is 127 Å². The highest BCUT2D eigenvalue weighted by Crippen LogP contribution is 2.18. The number of nitrogens with zero attached hydrogens (tertiary/aromatic N) is 1. The van der Waals surface area contributed by atoms with E-state index in [-0.39, 0.29) is 6.04 Å². The zero-order valence-corrected chi connectivity index (χ0v) is 13.6. The van der Waals surface area contributed by atoms with Gasteiger partial charge in [-0.3, -0.25) is 4.90 Å². The summed E-state index contributed by atoms with van der Waals surface area (Å²) in [5, 5.41) is 9.37. The maximum Gasteiger partial charge on any atom is 0.409 e. The van der Waals surface area contributed by atoms with Crippen LogP contribution in [0, 0.1) is 3.57 Å². The first kappa shape index (κ1) is 16.2. The molecule has 0 saturated carbocycles. The van der Waals surface area contributed by atoms with Gasteiger partial charge in [-0.15, -0.1) is 0 Å². The molecule has 106 valence electrons. The standard InChI is InChI=1S/C14H20INO3/c1-4-13(19-3)16(14(17)18)10(2)9-11-7-5-6-8-12(11)15/h5-8,10,13H,4,9H2,1-3H3,(H,17,18)/t10-,13-/m0/s1. The highest BCUT2D eigenvalue weighted by atomic mass is 127. The van der Waals surface area contributed by atoms with Gasteiger partial charge in [0.2, 0.25) is 0 Å². The van der Waals surface area contributed by atoms with E-state index >= 15 is 0 Å². The van der Waals surface area contributed by atoms with Gasteiger partial charge >= 0.3 is 6.09 Å². The van der Waals surface area contributed by atoms with Crippen molar-refractivity contribution in [3.63, 3.8) is 0 Å². The molecular formula is C14H20INO3. The zero-order valence-electron chi connectivity index (χ0n) is 11.5. The fourth-order valence-corrected chi connectivity index (χ4v) is 2.76. The summed E-state index contributed by atoms with van der Waals surface area (Å²) >= 11 is 2.27. The van der Waals surface area contributed by atoms with Crippen LogP contribution in [0.25, 0.3) is 0 Å². The van der Waals surface area contributed by atoms with Gasteiger partial charge in [0.1, 0.15) is 6.23 Å². The SMILES string of the molecule is CC[C@H](OC)N(C(=O)O)[C@@H](C)Cc1ccccc1I. The average Bonchev–Trinajstić information content (AvgIpc) is 2.37. The van der Waals surface area contributed by atoms with Crippen molar-refractivity contribution in [3.8, 4) is 0 Å². The minimum atomic E-state index is -0.938. The summed E-state index contributed by atoms with van der Waals surface area (Å²) in [5.41, 5.74) is 1.16. The maximum atomic E-state index is 11.4. The van der Waals surface area contributed by atoms with Crippen LogP contribution in [0.1, 0.15) is 25.8 Å². The van der Waals surface area contributed by atoms with Gasteiger partial charge in [0.05, 0.1) is 0 Å². The van der Waals surface area contributed by atoms with E-state index < -0.39 is 12.3 Å². The molecule has 0 aliphatic heterocycles. The van der Waals surface area contributed by atoms with Crippen LogP contribution in [0.4, 0.5) is 4.79 Å². The van der Waals surface area contributed by atoms with Gasteiger partial charge < -0.3 is 9.84 Å². The fraction of sp³-hybridized carbons (Fsp3) is 0.500. The predicted molar refractivity (Wildman–Crippen MR) is 83.3 cm³/mol. The second-order valence-corrected chi connectivity index (χ2v) is 5.60. The summed E-state index contributed by atoms with van der Waals surface area (Å²) in [5.74, 6) is 0. The molecule has 1 amide bonds. The van der Waals surface area contributed by atoms with Crippen molar-refractivity contribution in [1.82, 2.24) is 4.90 Å². The lowest BCUT2D eigenvalue weighted by Gasteiger charge is -2.33. The van der Waals surface area contributed by atoms with E-state index in [0.717, 1.165) is 9.13 Å². The minimum absolute atomic E-state index is 0.127. The number of carbonyl (C=O) groups is 1. The number of halogens is 1. The van der Waals surface area contributed by atoms with Crippen molar-refractivity contribution >= 4 is 28.7 Å². The quantitative estimate of drug-likeness (QED) is 0.609. The molecule has 0 spiro atoms. The number of carboxylic acid groups (broad SMARTS) is 1. The van der Waals surface area contributed by atoms with Gasteiger partial charge in [-0.1, -0.05) is 25.1 Å². The molecule has 19 heavy (non-hydrogen) atoms. The average molecular weight is 377 g/mol. The van der Waals surface area contributed by atoms with Gasteiger partial charge in [-0.25, -0.2) is 4.79 Å². The van der Waals surface area contributed by atoms with Gasteiger partial charge in [0, 0.05) is 16.7 Å². The summed E-state index contributed by atoms with van der Waals surface area (Å²) < 4.78 is 6.41. The van der Waals surface area contributed by atoms with E-state index in [1.165, 1.54) is 4.90 Å². The first-order valence-corrected chi connectivity index (χ1v) is 7.36. The molecule has 1 N–H and O–H groups in total. The van der Waals surface area contributed by atoms with Gasteiger partial charge in [-0.05, 0) is 54.0 Å². The lowest BCUT2D eigenvalue weighted by atomic mass is 10.1. The Morgan fingerprint density at radius 1 is 1.47 bits per heavy atom. The van der Waals surface area contributed by atoms with Gasteiger partial charge in [0.25, 0.3) is 0 Å². The highest BCUT2D eigenvalue weighted by molar-refractivity contribution is 14.1. The molecule has 4 nitrogen and oxygen atoms in total. The largest absolute Gasteiger partial charge is 0.465 e. The summed E-state index contributed by atoms with van der Waals surface area (Å²) in [6, 6.07) is 7.89. The van der Waals surface area contributed by atoms with Gasteiger partial charge in [0.15, 0.2) is 0 Å². The fourth-order valence-electron chi connectivity index (χ4n) is 2.15. The van der Waals surface area contributed by atoms with Crippen LogP contribution in [0.3, 0.4) is 0 Å². The number of methoxy groups -OCH3 is 1. The van der Waals surface area contributed by atoms with Crippen LogP contribution in [-0.4, -0.2) is 35.5 Å². The van der Waals surface area contributed by atoms with E-state index in [4.69, 9.17) is 4.74 Å². The highest BCUT2D eigenvalue weighted by Gasteiger charge is 2.27. The van der Waals surface area contributed by atoms with Crippen LogP contribution in [0.5, 0.6) is 0 Å². The van der Waals surface area contributed by atoms with E-state index in [2.05, 4.69) is 22.6 Å². The van der Waals surface area contributed by atoms with Crippen LogP contribution in [0.15, 0.2) is 24.3 Å². The Kier molecular flexibility index (Phi) is 6.57. The summed E-state index contributed by atoms with van der Waals surface area (Å²) in [6.07, 6.45) is -0.00869. The van der Waals surface area contributed by atoms with Crippen molar-refractivity contribution in [2.24, 2.45) is 0 Å². The molecule has 1 aromatic carbocycles. The molecule has 1 rings (SSSR count). The van der Waals surface area contributed by atoms with Crippen LogP contribution in [0.2, 0.25) is 0 Å². The first-order valence-electron chi connectivity index (χ1n) is 6.28. The molecule has 5 heteroatoms. The summed E-state index contributed by atoms with van der Waals surface area (Å²) in [6.45, 7) is 3.84. The number of ether oxygens (including phenoxy) is 1. The minimum Gasteiger partial charge on any atom is -0.465 e.